The second-order valence-electron chi connectivity index (χ2n) is 6.02. The average molecular weight is 385 g/mol. The SMILES string of the molecule is CC(=O)N[C@H]1[C@H](O[C@@H]([C@H](O)[C@@H](O)CO)[C@H](O)CO)O[C@H](CO)[C@H](O)[C@@H]1O. The van der Waals surface area contributed by atoms with Gasteiger partial charge in [-0.3, -0.25) is 4.79 Å². The third kappa shape index (κ3) is 5.53. The highest BCUT2D eigenvalue weighted by Crippen LogP contribution is 2.25. The Morgan fingerprint density at radius 2 is 1.65 bits per heavy atom. The third-order valence-corrected chi connectivity index (χ3v) is 4.03. The lowest BCUT2D eigenvalue weighted by atomic mass is 9.96. The smallest absolute Gasteiger partial charge is 0.217 e. The molecule has 1 amide bonds. The van der Waals surface area contributed by atoms with Crippen molar-refractivity contribution in [3.63, 3.8) is 0 Å². The van der Waals surface area contributed by atoms with Crippen LogP contribution in [-0.2, 0) is 14.3 Å². The fraction of sp³-hybridized carbons (Fsp3) is 0.929. The Morgan fingerprint density at radius 3 is 2.12 bits per heavy atom. The number of hydrogen-bond acceptors (Lipinski definition) is 11. The van der Waals surface area contributed by atoms with Crippen molar-refractivity contribution in [3.8, 4) is 0 Å². The van der Waals surface area contributed by atoms with Gasteiger partial charge < -0.3 is 55.6 Å². The van der Waals surface area contributed by atoms with Crippen molar-refractivity contribution in [2.45, 2.75) is 62.0 Å². The van der Waals surface area contributed by atoms with E-state index in [9.17, 15) is 35.4 Å². The van der Waals surface area contributed by atoms with E-state index in [2.05, 4.69) is 5.32 Å². The van der Waals surface area contributed by atoms with E-state index in [1.807, 2.05) is 0 Å². The minimum Gasteiger partial charge on any atom is -0.394 e. The van der Waals surface area contributed by atoms with E-state index in [0.717, 1.165) is 6.92 Å². The second kappa shape index (κ2) is 10.4. The number of rotatable bonds is 9. The number of carbonyl (C=O) groups excluding carboxylic acids is 1. The lowest BCUT2D eigenvalue weighted by Crippen LogP contribution is -2.66. The molecule has 12 heteroatoms. The topological polar surface area (TPSA) is 209 Å². The predicted octanol–water partition coefficient (Wildman–Crippen LogP) is -5.62. The van der Waals surface area contributed by atoms with Crippen LogP contribution in [0.1, 0.15) is 6.92 Å². The van der Waals surface area contributed by atoms with Crippen molar-refractivity contribution < 1.29 is 55.1 Å². The maximum atomic E-state index is 11.3. The van der Waals surface area contributed by atoms with Crippen LogP contribution in [0.4, 0.5) is 0 Å². The first-order valence-corrected chi connectivity index (χ1v) is 7.98. The molecule has 1 aliphatic heterocycles. The van der Waals surface area contributed by atoms with Gasteiger partial charge in [-0.1, -0.05) is 0 Å². The fourth-order valence-electron chi connectivity index (χ4n) is 2.57. The van der Waals surface area contributed by atoms with Gasteiger partial charge in [-0.2, -0.15) is 0 Å². The molecule has 1 aliphatic rings. The van der Waals surface area contributed by atoms with Gasteiger partial charge in [0.15, 0.2) is 6.29 Å². The zero-order valence-corrected chi connectivity index (χ0v) is 14.1. The first-order valence-electron chi connectivity index (χ1n) is 7.98. The minimum absolute atomic E-state index is 0.615. The van der Waals surface area contributed by atoms with Crippen molar-refractivity contribution in [2.75, 3.05) is 19.8 Å². The molecular weight excluding hydrogens is 358 g/mol. The molecule has 0 aromatic carbocycles. The van der Waals surface area contributed by atoms with E-state index in [4.69, 9.17) is 19.7 Å². The quantitative estimate of drug-likeness (QED) is 0.183. The van der Waals surface area contributed by atoms with Gasteiger partial charge in [0.05, 0.1) is 19.8 Å². The Kier molecular flexibility index (Phi) is 9.26. The number of aliphatic hydroxyl groups is 8. The molecule has 1 heterocycles. The monoisotopic (exact) mass is 385 g/mol. The molecule has 0 aromatic heterocycles. The molecule has 9 atom stereocenters. The molecule has 0 unspecified atom stereocenters. The molecule has 0 aliphatic carbocycles. The highest BCUT2D eigenvalue weighted by Gasteiger charge is 2.47. The van der Waals surface area contributed by atoms with Gasteiger partial charge in [0.2, 0.25) is 5.91 Å². The summed E-state index contributed by atoms with van der Waals surface area (Å²) in [6, 6.07) is -1.35. The van der Waals surface area contributed by atoms with E-state index in [-0.39, 0.29) is 0 Å². The summed E-state index contributed by atoms with van der Waals surface area (Å²) in [7, 11) is 0. The summed E-state index contributed by atoms with van der Waals surface area (Å²) in [5.74, 6) is -0.615. The molecule has 0 aromatic rings. The van der Waals surface area contributed by atoms with Crippen LogP contribution in [0.5, 0.6) is 0 Å². The number of nitrogens with one attached hydrogen (secondary N) is 1. The highest BCUT2D eigenvalue weighted by atomic mass is 16.7. The number of amides is 1. The first kappa shape index (κ1) is 23.1. The van der Waals surface area contributed by atoms with Crippen LogP contribution >= 0.6 is 0 Å². The van der Waals surface area contributed by atoms with E-state index in [1.54, 1.807) is 0 Å². The molecule has 1 saturated heterocycles. The Hall–Kier alpha value is -0.930. The standard InChI is InChI=1S/C14H27NO11/c1-5(19)15-9-12(24)11(23)8(4-18)25-14(9)26-13(7(21)3-17)10(22)6(20)2-16/h6-14,16-18,20-24H,2-4H2,1H3,(H,15,19)/t6-,7+,8+,9+,10+,11-,12+,13+,14-/m0/s1. The zero-order chi connectivity index (χ0) is 20.0. The van der Waals surface area contributed by atoms with E-state index >= 15 is 0 Å². The molecule has 154 valence electrons. The summed E-state index contributed by atoms with van der Waals surface area (Å²) in [5.41, 5.74) is 0. The lowest BCUT2D eigenvalue weighted by Gasteiger charge is -2.44. The van der Waals surface area contributed by atoms with Crippen LogP contribution in [0.3, 0.4) is 0 Å². The molecule has 0 saturated carbocycles. The van der Waals surface area contributed by atoms with E-state index in [0.29, 0.717) is 0 Å². The van der Waals surface area contributed by atoms with Gasteiger partial charge in [0.25, 0.3) is 0 Å². The zero-order valence-electron chi connectivity index (χ0n) is 14.1. The van der Waals surface area contributed by atoms with Crippen molar-refractivity contribution >= 4 is 5.91 Å². The van der Waals surface area contributed by atoms with Crippen LogP contribution in [0.2, 0.25) is 0 Å². The van der Waals surface area contributed by atoms with Gasteiger partial charge in [0, 0.05) is 6.92 Å². The molecule has 0 spiro atoms. The van der Waals surface area contributed by atoms with E-state index in [1.165, 1.54) is 0 Å². The molecule has 0 radical (unpaired) electrons. The van der Waals surface area contributed by atoms with Gasteiger partial charge in [-0.05, 0) is 0 Å². The molecule has 0 bridgehead atoms. The molecule has 12 nitrogen and oxygen atoms in total. The number of carbonyl (C=O) groups is 1. The molecule has 1 rings (SSSR count). The number of hydrogen-bond donors (Lipinski definition) is 9. The maximum Gasteiger partial charge on any atom is 0.217 e. The van der Waals surface area contributed by atoms with E-state index < -0.39 is 80.8 Å². The summed E-state index contributed by atoms with van der Waals surface area (Å²) in [4.78, 5) is 11.3. The summed E-state index contributed by atoms with van der Waals surface area (Å²) in [6.45, 7) is -1.34. The van der Waals surface area contributed by atoms with Crippen LogP contribution in [-0.4, -0.2) is 122 Å². The Bertz CT molecular complexity index is 439. The van der Waals surface area contributed by atoms with Gasteiger partial charge in [-0.15, -0.1) is 0 Å². The summed E-state index contributed by atoms with van der Waals surface area (Å²) >= 11 is 0. The second-order valence-corrected chi connectivity index (χ2v) is 6.02. The molecule has 9 N–H and O–H groups in total. The van der Waals surface area contributed by atoms with Gasteiger partial charge in [-0.25, -0.2) is 0 Å². The normalized spacial score (nSPS) is 34.0. The maximum absolute atomic E-state index is 11.3. The number of ether oxygens (including phenoxy) is 2. The fourth-order valence-corrected chi connectivity index (χ4v) is 2.57. The summed E-state index contributed by atoms with van der Waals surface area (Å²) in [5, 5.41) is 79.1. The Balaban J connectivity index is 3.07. The third-order valence-electron chi connectivity index (χ3n) is 4.03. The molecular formula is C14H27NO11. The van der Waals surface area contributed by atoms with Crippen molar-refractivity contribution in [1.29, 1.82) is 0 Å². The van der Waals surface area contributed by atoms with Crippen LogP contribution in [0, 0.1) is 0 Å². The highest BCUT2D eigenvalue weighted by molar-refractivity contribution is 5.73. The largest absolute Gasteiger partial charge is 0.394 e. The van der Waals surface area contributed by atoms with Crippen LogP contribution < -0.4 is 5.32 Å². The van der Waals surface area contributed by atoms with Crippen LogP contribution in [0.25, 0.3) is 0 Å². The minimum atomic E-state index is -1.86. The number of aliphatic hydroxyl groups excluding tert-OH is 8. The lowest BCUT2D eigenvalue weighted by molar-refractivity contribution is -0.302. The van der Waals surface area contributed by atoms with Gasteiger partial charge in [0.1, 0.15) is 48.8 Å². The molecule has 1 fully saturated rings. The van der Waals surface area contributed by atoms with Crippen molar-refractivity contribution in [3.05, 3.63) is 0 Å². The summed E-state index contributed by atoms with van der Waals surface area (Å²) < 4.78 is 10.6. The van der Waals surface area contributed by atoms with Gasteiger partial charge >= 0.3 is 0 Å². The van der Waals surface area contributed by atoms with Crippen molar-refractivity contribution in [1.82, 2.24) is 5.32 Å². The molecule has 26 heavy (non-hydrogen) atoms. The Morgan fingerprint density at radius 1 is 1.08 bits per heavy atom. The van der Waals surface area contributed by atoms with Crippen LogP contribution in [0.15, 0.2) is 0 Å². The predicted molar refractivity (Wildman–Crippen MR) is 82.4 cm³/mol. The first-order chi connectivity index (χ1) is 12.2. The Labute approximate surface area is 149 Å². The van der Waals surface area contributed by atoms with Crippen molar-refractivity contribution in [2.24, 2.45) is 0 Å². The summed E-state index contributed by atoms with van der Waals surface area (Å²) in [6.07, 6.45) is -13.1. The average Bonchev–Trinajstić information content (AvgIpc) is 2.62.